The van der Waals surface area contributed by atoms with Crippen molar-refractivity contribution in [3.05, 3.63) is 89.1 Å². The van der Waals surface area contributed by atoms with Gasteiger partial charge in [-0.3, -0.25) is 9.59 Å². The maximum atomic E-state index is 12.3. The largest absolute Gasteiger partial charge is 0.322 e. The van der Waals surface area contributed by atoms with Gasteiger partial charge in [0, 0.05) is 22.5 Å². The van der Waals surface area contributed by atoms with Crippen LogP contribution in [0.4, 0.5) is 11.5 Å². The molecule has 2 N–H and O–H groups in total. The molecule has 2 aromatic carbocycles. The third-order valence-corrected chi connectivity index (χ3v) is 3.82. The molecule has 0 unspecified atom stereocenters. The number of pyridine rings is 1. The topological polar surface area (TPSA) is 71.1 Å². The van der Waals surface area contributed by atoms with E-state index >= 15 is 0 Å². The predicted molar refractivity (Wildman–Crippen MR) is 103 cm³/mol. The molecule has 1 aromatic heterocycles. The Labute approximate surface area is 152 Å². The van der Waals surface area contributed by atoms with Gasteiger partial charge in [0.2, 0.25) is 0 Å². The first-order chi connectivity index (χ1) is 12.5. The van der Waals surface area contributed by atoms with E-state index in [4.69, 9.17) is 0 Å². The maximum absolute atomic E-state index is 12.3. The van der Waals surface area contributed by atoms with Gasteiger partial charge in [-0.2, -0.15) is 0 Å². The number of amides is 2. The van der Waals surface area contributed by atoms with Crippen molar-refractivity contribution in [1.29, 1.82) is 0 Å². The molecule has 0 radical (unpaired) electrons. The van der Waals surface area contributed by atoms with Crippen LogP contribution in [0.15, 0.2) is 66.7 Å². The summed E-state index contributed by atoms with van der Waals surface area (Å²) in [5.41, 5.74) is 3.57. The van der Waals surface area contributed by atoms with Gasteiger partial charge in [0.15, 0.2) is 0 Å². The standard InChI is InChI=1S/C21H19N3O2/c1-14-5-3-7-18(13-14)23-20(25)16-9-11-17(12-10-16)21(26)24-19-8-4-6-15(2)22-19/h3-13H,1-2H3,(H,23,25)(H,22,24,26). The highest BCUT2D eigenvalue weighted by molar-refractivity contribution is 6.07. The number of aryl methyl sites for hydroxylation is 2. The van der Waals surface area contributed by atoms with E-state index in [2.05, 4.69) is 15.6 Å². The van der Waals surface area contributed by atoms with Crippen LogP contribution in [0.3, 0.4) is 0 Å². The first kappa shape index (κ1) is 17.4. The summed E-state index contributed by atoms with van der Waals surface area (Å²) in [7, 11) is 0. The minimum Gasteiger partial charge on any atom is -0.322 e. The van der Waals surface area contributed by atoms with Crippen LogP contribution in [0.25, 0.3) is 0 Å². The molecule has 3 aromatic rings. The number of nitrogens with zero attached hydrogens (tertiary/aromatic N) is 1. The molecule has 0 aliphatic heterocycles. The van der Waals surface area contributed by atoms with Crippen LogP contribution in [-0.2, 0) is 0 Å². The lowest BCUT2D eigenvalue weighted by molar-refractivity contribution is 0.101. The lowest BCUT2D eigenvalue weighted by atomic mass is 10.1. The number of hydrogen-bond donors (Lipinski definition) is 2. The molecule has 0 spiro atoms. The number of aromatic nitrogens is 1. The number of carbonyl (C=O) groups excluding carboxylic acids is 2. The number of anilines is 2. The third kappa shape index (κ3) is 4.33. The molecule has 0 fully saturated rings. The van der Waals surface area contributed by atoms with Crippen molar-refractivity contribution in [2.24, 2.45) is 0 Å². The summed E-state index contributed by atoms with van der Waals surface area (Å²) in [6.07, 6.45) is 0. The van der Waals surface area contributed by atoms with Gasteiger partial charge in [-0.15, -0.1) is 0 Å². The molecular formula is C21H19N3O2. The molecule has 0 bridgehead atoms. The fourth-order valence-corrected chi connectivity index (χ4v) is 2.50. The molecule has 0 aliphatic rings. The molecule has 5 nitrogen and oxygen atoms in total. The van der Waals surface area contributed by atoms with E-state index in [-0.39, 0.29) is 11.8 Å². The summed E-state index contributed by atoms with van der Waals surface area (Å²) >= 11 is 0. The lowest BCUT2D eigenvalue weighted by Crippen LogP contribution is -2.15. The van der Waals surface area contributed by atoms with Crippen LogP contribution in [-0.4, -0.2) is 16.8 Å². The van der Waals surface area contributed by atoms with Gasteiger partial charge in [0.1, 0.15) is 5.82 Å². The first-order valence-electron chi connectivity index (χ1n) is 8.24. The zero-order valence-electron chi connectivity index (χ0n) is 14.6. The monoisotopic (exact) mass is 345 g/mol. The van der Waals surface area contributed by atoms with Crippen LogP contribution < -0.4 is 10.6 Å². The van der Waals surface area contributed by atoms with Crippen molar-refractivity contribution >= 4 is 23.3 Å². The fraction of sp³-hybridized carbons (Fsp3) is 0.0952. The number of carbonyl (C=O) groups is 2. The SMILES string of the molecule is Cc1cccc(NC(=O)c2ccc(C(=O)Nc3cccc(C)n3)cc2)c1. The molecule has 0 aliphatic carbocycles. The highest BCUT2D eigenvalue weighted by Gasteiger charge is 2.10. The number of nitrogens with one attached hydrogen (secondary N) is 2. The molecule has 0 saturated carbocycles. The third-order valence-electron chi connectivity index (χ3n) is 3.82. The highest BCUT2D eigenvalue weighted by atomic mass is 16.2. The van der Waals surface area contributed by atoms with Crippen LogP contribution in [0, 0.1) is 13.8 Å². The van der Waals surface area contributed by atoms with Gasteiger partial charge in [-0.1, -0.05) is 18.2 Å². The Hall–Kier alpha value is -3.47. The smallest absolute Gasteiger partial charge is 0.256 e. The molecule has 0 saturated heterocycles. The highest BCUT2D eigenvalue weighted by Crippen LogP contribution is 2.13. The second kappa shape index (κ2) is 7.61. The quantitative estimate of drug-likeness (QED) is 0.744. The van der Waals surface area contributed by atoms with E-state index in [9.17, 15) is 9.59 Å². The second-order valence-corrected chi connectivity index (χ2v) is 6.02. The first-order valence-corrected chi connectivity index (χ1v) is 8.24. The van der Waals surface area contributed by atoms with E-state index in [1.54, 1.807) is 30.3 Å². The number of rotatable bonds is 4. The minimum atomic E-state index is -0.270. The van der Waals surface area contributed by atoms with Gasteiger partial charge in [0.05, 0.1) is 0 Å². The zero-order chi connectivity index (χ0) is 18.5. The molecule has 26 heavy (non-hydrogen) atoms. The zero-order valence-corrected chi connectivity index (χ0v) is 14.6. The number of hydrogen-bond acceptors (Lipinski definition) is 3. The van der Waals surface area contributed by atoms with Crippen molar-refractivity contribution in [2.45, 2.75) is 13.8 Å². The van der Waals surface area contributed by atoms with Crippen molar-refractivity contribution in [2.75, 3.05) is 10.6 Å². The van der Waals surface area contributed by atoms with E-state index in [0.717, 1.165) is 16.9 Å². The van der Waals surface area contributed by atoms with E-state index in [0.29, 0.717) is 16.9 Å². The minimum absolute atomic E-state index is 0.220. The van der Waals surface area contributed by atoms with Crippen LogP contribution in [0.1, 0.15) is 32.0 Å². The maximum Gasteiger partial charge on any atom is 0.256 e. The van der Waals surface area contributed by atoms with Crippen LogP contribution >= 0.6 is 0 Å². The van der Waals surface area contributed by atoms with Crippen molar-refractivity contribution in [3.8, 4) is 0 Å². The molecule has 2 amide bonds. The molecule has 3 rings (SSSR count). The van der Waals surface area contributed by atoms with Crippen LogP contribution in [0.2, 0.25) is 0 Å². The predicted octanol–water partition coefficient (Wildman–Crippen LogP) is 4.20. The summed E-state index contributed by atoms with van der Waals surface area (Å²) < 4.78 is 0. The van der Waals surface area contributed by atoms with E-state index < -0.39 is 0 Å². The second-order valence-electron chi connectivity index (χ2n) is 6.02. The number of benzene rings is 2. The van der Waals surface area contributed by atoms with Gasteiger partial charge in [-0.25, -0.2) is 4.98 Å². The molecule has 130 valence electrons. The molecule has 5 heteroatoms. The summed E-state index contributed by atoms with van der Waals surface area (Å²) in [4.78, 5) is 28.8. The Kier molecular flexibility index (Phi) is 5.08. The molecule has 1 heterocycles. The Morgan fingerprint density at radius 1 is 0.769 bits per heavy atom. The lowest BCUT2D eigenvalue weighted by Gasteiger charge is -2.08. The Bertz CT molecular complexity index is 871. The Balaban J connectivity index is 1.67. The summed E-state index contributed by atoms with van der Waals surface area (Å²) in [5, 5.41) is 5.59. The molecular weight excluding hydrogens is 326 g/mol. The van der Waals surface area contributed by atoms with Crippen molar-refractivity contribution in [1.82, 2.24) is 4.98 Å². The fourth-order valence-electron chi connectivity index (χ4n) is 2.50. The summed E-state index contributed by atoms with van der Waals surface area (Å²) in [5.74, 6) is 0.00733. The van der Waals surface area contributed by atoms with Gasteiger partial charge in [-0.05, 0) is 67.9 Å². The van der Waals surface area contributed by atoms with Crippen molar-refractivity contribution < 1.29 is 9.59 Å². The van der Waals surface area contributed by atoms with Gasteiger partial charge < -0.3 is 10.6 Å². The Morgan fingerprint density at radius 3 is 2.00 bits per heavy atom. The normalized spacial score (nSPS) is 10.2. The Morgan fingerprint density at radius 2 is 1.38 bits per heavy atom. The van der Waals surface area contributed by atoms with Gasteiger partial charge >= 0.3 is 0 Å². The average molecular weight is 345 g/mol. The summed E-state index contributed by atoms with van der Waals surface area (Å²) in [6.45, 7) is 3.82. The van der Waals surface area contributed by atoms with Gasteiger partial charge in [0.25, 0.3) is 11.8 Å². The molecule has 0 atom stereocenters. The average Bonchev–Trinajstić information content (AvgIpc) is 2.62. The van der Waals surface area contributed by atoms with E-state index in [1.807, 2.05) is 50.2 Å². The van der Waals surface area contributed by atoms with Crippen LogP contribution in [0.5, 0.6) is 0 Å². The van der Waals surface area contributed by atoms with E-state index in [1.165, 1.54) is 0 Å². The van der Waals surface area contributed by atoms with Crippen molar-refractivity contribution in [3.63, 3.8) is 0 Å². The summed E-state index contributed by atoms with van der Waals surface area (Å²) in [6, 6.07) is 19.5.